The first-order valence-electron chi connectivity index (χ1n) is 5.20. The number of allylic oxidation sites excluding steroid dienone is 4. The van der Waals surface area contributed by atoms with Crippen molar-refractivity contribution in [2.75, 3.05) is 0 Å². The number of carbonyl (C=O) groups excluding carboxylic acids is 1. The van der Waals surface area contributed by atoms with Gasteiger partial charge in [0, 0.05) is 0 Å². The van der Waals surface area contributed by atoms with Crippen LogP contribution < -0.4 is 0 Å². The summed E-state index contributed by atoms with van der Waals surface area (Å²) in [6.07, 6.45) is 8.10. The predicted octanol–water partition coefficient (Wildman–Crippen LogP) is 3.32. The van der Waals surface area contributed by atoms with Crippen molar-refractivity contribution >= 4 is 6.29 Å². The fraction of sp³-hybridized carbons (Fsp3) is 0.214. The monoisotopic (exact) mass is 200 g/mol. The van der Waals surface area contributed by atoms with Crippen molar-refractivity contribution in [1.82, 2.24) is 0 Å². The summed E-state index contributed by atoms with van der Waals surface area (Å²) < 4.78 is 0. The highest BCUT2D eigenvalue weighted by atomic mass is 16.1. The van der Waals surface area contributed by atoms with Crippen LogP contribution in [0.1, 0.15) is 18.9 Å². The van der Waals surface area contributed by atoms with E-state index in [0.29, 0.717) is 0 Å². The highest BCUT2D eigenvalue weighted by Gasteiger charge is 1.95. The van der Waals surface area contributed by atoms with E-state index >= 15 is 0 Å². The number of aldehydes is 1. The van der Waals surface area contributed by atoms with E-state index in [-0.39, 0.29) is 0 Å². The number of rotatable bonds is 5. The van der Waals surface area contributed by atoms with Gasteiger partial charge in [-0.2, -0.15) is 0 Å². The number of hydrogen-bond donors (Lipinski definition) is 0. The van der Waals surface area contributed by atoms with Gasteiger partial charge in [-0.05, 0) is 24.5 Å². The first-order chi connectivity index (χ1) is 7.36. The lowest BCUT2D eigenvalue weighted by Gasteiger charge is -2.03. The average molecular weight is 200 g/mol. The molecule has 0 unspecified atom stereocenters. The van der Waals surface area contributed by atoms with Crippen LogP contribution in [0.5, 0.6) is 0 Å². The molecule has 0 saturated carbocycles. The zero-order valence-corrected chi connectivity index (χ0v) is 9.02. The second-order valence-electron chi connectivity index (χ2n) is 3.36. The highest BCUT2D eigenvalue weighted by Crippen LogP contribution is 2.10. The van der Waals surface area contributed by atoms with Gasteiger partial charge < -0.3 is 0 Å². The van der Waals surface area contributed by atoms with Crippen LogP contribution >= 0.6 is 0 Å². The van der Waals surface area contributed by atoms with Crippen molar-refractivity contribution < 1.29 is 4.79 Å². The maximum Gasteiger partial charge on any atom is 0.142 e. The van der Waals surface area contributed by atoms with Crippen LogP contribution in [0.25, 0.3) is 0 Å². The second-order valence-corrected chi connectivity index (χ2v) is 3.36. The summed E-state index contributed by atoms with van der Waals surface area (Å²) in [5.74, 6) is 0. The molecule has 1 nitrogen and oxygen atoms in total. The van der Waals surface area contributed by atoms with Gasteiger partial charge in [0.15, 0.2) is 0 Å². The minimum absolute atomic E-state index is 0.798. The number of benzene rings is 1. The summed E-state index contributed by atoms with van der Waals surface area (Å²) >= 11 is 0. The summed E-state index contributed by atoms with van der Waals surface area (Å²) in [6.45, 7) is 2.13. The van der Waals surface area contributed by atoms with Crippen molar-refractivity contribution in [3.8, 4) is 0 Å². The number of carbonyl (C=O) groups is 1. The van der Waals surface area contributed by atoms with Gasteiger partial charge in [-0.1, -0.05) is 55.0 Å². The van der Waals surface area contributed by atoms with Crippen LogP contribution in [-0.4, -0.2) is 6.29 Å². The third-order valence-corrected chi connectivity index (χ3v) is 2.25. The molecule has 1 aromatic carbocycles. The maximum absolute atomic E-state index is 10.1. The summed E-state index contributed by atoms with van der Waals surface area (Å²) in [4.78, 5) is 10.1. The molecule has 0 N–H and O–H groups in total. The van der Waals surface area contributed by atoms with E-state index in [2.05, 4.69) is 19.1 Å². The van der Waals surface area contributed by atoms with Gasteiger partial charge in [-0.25, -0.2) is 0 Å². The van der Waals surface area contributed by atoms with Gasteiger partial charge >= 0.3 is 0 Å². The van der Waals surface area contributed by atoms with Gasteiger partial charge in [-0.15, -0.1) is 0 Å². The zero-order valence-electron chi connectivity index (χ0n) is 9.02. The van der Waals surface area contributed by atoms with Gasteiger partial charge in [0.2, 0.25) is 0 Å². The molecule has 0 aliphatic heterocycles. The maximum atomic E-state index is 10.1. The Bertz CT molecular complexity index is 347. The van der Waals surface area contributed by atoms with Gasteiger partial charge in [0.05, 0.1) is 0 Å². The van der Waals surface area contributed by atoms with E-state index < -0.39 is 0 Å². The molecule has 0 heterocycles. The molecule has 0 amide bonds. The predicted molar refractivity (Wildman–Crippen MR) is 63.7 cm³/mol. The van der Waals surface area contributed by atoms with Crippen molar-refractivity contribution in [3.05, 3.63) is 59.7 Å². The molecule has 0 aromatic heterocycles. The molecular weight excluding hydrogens is 184 g/mol. The molecule has 15 heavy (non-hydrogen) atoms. The lowest BCUT2D eigenvalue weighted by Crippen LogP contribution is -1.88. The van der Waals surface area contributed by atoms with Crippen LogP contribution in [0.3, 0.4) is 0 Å². The molecule has 0 spiro atoms. The van der Waals surface area contributed by atoms with E-state index in [0.717, 1.165) is 19.1 Å². The fourth-order valence-corrected chi connectivity index (χ4v) is 1.40. The van der Waals surface area contributed by atoms with Crippen LogP contribution in [0.2, 0.25) is 0 Å². The molecule has 0 fully saturated rings. The van der Waals surface area contributed by atoms with E-state index in [9.17, 15) is 4.79 Å². The van der Waals surface area contributed by atoms with Gasteiger partial charge in [0.1, 0.15) is 6.29 Å². The van der Waals surface area contributed by atoms with Crippen molar-refractivity contribution in [2.45, 2.75) is 19.8 Å². The summed E-state index contributed by atoms with van der Waals surface area (Å²) in [5, 5.41) is 0. The first kappa shape index (κ1) is 11.4. The zero-order chi connectivity index (χ0) is 10.9. The molecule has 78 valence electrons. The summed E-state index contributed by atoms with van der Waals surface area (Å²) in [6, 6.07) is 10.3. The normalized spacial score (nSPS) is 11.9. The average Bonchev–Trinajstić information content (AvgIpc) is 2.29. The van der Waals surface area contributed by atoms with E-state index in [1.54, 1.807) is 6.08 Å². The third kappa shape index (κ3) is 4.41. The molecule has 0 radical (unpaired) electrons. The lowest BCUT2D eigenvalue weighted by molar-refractivity contribution is -0.104. The highest BCUT2D eigenvalue weighted by molar-refractivity contribution is 5.65. The SMILES string of the molecule is CCC(=CC=CC=O)Cc1ccccc1. The lowest BCUT2D eigenvalue weighted by atomic mass is 10.0. The van der Waals surface area contributed by atoms with Crippen LogP contribution in [0.15, 0.2) is 54.1 Å². The minimum Gasteiger partial charge on any atom is -0.299 e. The Morgan fingerprint density at radius 2 is 1.93 bits per heavy atom. The molecule has 0 saturated heterocycles. The summed E-state index contributed by atoms with van der Waals surface area (Å²) in [7, 11) is 0. The molecule has 1 heteroatoms. The Balaban J connectivity index is 2.65. The smallest absolute Gasteiger partial charge is 0.142 e. The third-order valence-electron chi connectivity index (χ3n) is 2.25. The van der Waals surface area contributed by atoms with Crippen molar-refractivity contribution in [2.24, 2.45) is 0 Å². The van der Waals surface area contributed by atoms with Crippen LogP contribution in [0, 0.1) is 0 Å². The standard InChI is InChI=1S/C14H16O/c1-2-13(8-6-7-11-15)12-14-9-4-3-5-10-14/h3-11H,2,12H2,1H3. The molecule has 0 atom stereocenters. The first-order valence-corrected chi connectivity index (χ1v) is 5.20. The minimum atomic E-state index is 0.798. The van der Waals surface area contributed by atoms with Gasteiger partial charge in [0.25, 0.3) is 0 Å². The molecule has 0 aliphatic rings. The van der Waals surface area contributed by atoms with Crippen LogP contribution in [0.4, 0.5) is 0 Å². The van der Waals surface area contributed by atoms with Crippen molar-refractivity contribution in [1.29, 1.82) is 0 Å². The Hall–Kier alpha value is -1.63. The molecule has 0 aliphatic carbocycles. The van der Waals surface area contributed by atoms with Crippen molar-refractivity contribution in [3.63, 3.8) is 0 Å². The quantitative estimate of drug-likeness (QED) is 0.405. The molecule has 0 bridgehead atoms. The molecule has 1 aromatic rings. The van der Waals surface area contributed by atoms with Crippen LogP contribution in [-0.2, 0) is 11.2 Å². The summed E-state index contributed by atoms with van der Waals surface area (Å²) in [5.41, 5.74) is 2.64. The van der Waals surface area contributed by atoms with E-state index in [1.165, 1.54) is 17.2 Å². The molecular formula is C14H16O. The Labute approximate surface area is 91.1 Å². The van der Waals surface area contributed by atoms with Gasteiger partial charge in [-0.3, -0.25) is 4.79 Å². The molecule has 1 rings (SSSR count). The van der Waals surface area contributed by atoms with E-state index in [4.69, 9.17) is 0 Å². The Kier molecular flexibility index (Phi) is 5.16. The topological polar surface area (TPSA) is 17.1 Å². The largest absolute Gasteiger partial charge is 0.299 e. The van der Waals surface area contributed by atoms with E-state index in [1.807, 2.05) is 24.3 Å². The number of hydrogen-bond acceptors (Lipinski definition) is 1. The second kappa shape index (κ2) is 6.77. The Morgan fingerprint density at radius 1 is 1.20 bits per heavy atom. The Morgan fingerprint density at radius 3 is 2.53 bits per heavy atom. The fourth-order valence-electron chi connectivity index (χ4n) is 1.40.